The van der Waals surface area contributed by atoms with E-state index in [-0.39, 0.29) is 24.1 Å². The Kier molecular flexibility index (Phi) is 5.31. The fraction of sp³-hybridized carbons (Fsp3) is 0.619. The number of para-hydroxylation sites is 1. The number of carbonyl (C=O) groups is 2. The van der Waals surface area contributed by atoms with Crippen molar-refractivity contribution in [3.63, 3.8) is 0 Å². The Morgan fingerprint density at radius 3 is 2.59 bits per heavy atom. The summed E-state index contributed by atoms with van der Waals surface area (Å²) in [5, 5.41) is 6.20. The molecule has 0 aromatic heterocycles. The summed E-state index contributed by atoms with van der Waals surface area (Å²) in [4.78, 5) is 26.6. The van der Waals surface area contributed by atoms with Crippen molar-refractivity contribution in [1.29, 1.82) is 0 Å². The molecule has 3 unspecified atom stereocenters. The molecular formula is C21H26F3N3O2. The predicted octanol–water partition coefficient (Wildman–Crippen LogP) is 3.01. The van der Waals surface area contributed by atoms with Crippen LogP contribution in [0, 0.1) is 11.8 Å². The van der Waals surface area contributed by atoms with Crippen LogP contribution in [0.2, 0.25) is 0 Å². The van der Waals surface area contributed by atoms with E-state index in [2.05, 4.69) is 10.6 Å². The van der Waals surface area contributed by atoms with Gasteiger partial charge < -0.3 is 10.6 Å². The summed E-state index contributed by atoms with van der Waals surface area (Å²) < 4.78 is 40.9. The summed E-state index contributed by atoms with van der Waals surface area (Å²) in [5.41, 5.74) is -1.43. The normalized spacial score (nSPS) is 29.7. The summed E-state index contributed by atoms with van der Waals surface area (Å²) in [6.45, 7) is 1.23. The SMILES string of the molecule is O=C(N(c1ccccc1)C1(C2CC2NCC2CC2)CCCCNC1=O)C(F)(F)F. The number of halogens is 3. The Bertz CT molecular complexity index is 766. The van der Waals surface area contributed by atoms with Crippen LogP contribution in [0.1, 0.15) is 38.5 Å². The molecule has 1 saturated heterocycles. The average Bonchev–Trinajstić information content (AvgIpc) is 3.57. The first-order valence-electron chi connectivity index (χ1n) is 10.3. The maximum Gasteiger partial charge on any atom is 0.471 e. The van der Waals surface area contributed by atoms with Gasteiger partial charge in [0, 0.05) is 24.2 Å². The molecule has 3 atom stereocenters. The first-order chi connectivity index (χ1) is 13.8. The van der Waals surface area contributed by atoms with Crippen molar-refractivity contribution in [2.24, 2.45) is 11.8 Å². The lowest BCUT2D eigenvalue weighted by molar-refractivity contribution is -0.172. The van der Waals surface area contributed by atoms with E-state index >= 15 is 0 Å². The zero-order valence-electron chi connectivity index (χ0n) is 16.2. The molecule has 2 amide bonds. The average molecular weight is 409 g/mol. The van der Waals surface area contributed by atoms with Gasteiger partial charge in [-0.25, -0.2) is 0 Å². The summed E-state index contributed by atoms with van der Waals surface area (Å²) in [5.74, 6) is -2.17. The highest BCUT2D eigenvalue weighted by Crippen LogP contribution is 2.50. The van der Waals surface area contributed by atoms with Crippen molar-refractivity contribution in [2.75, 3.05) is 18.0 Å². The van der Waals surface area contributed by atoms with E-state index in [4.69, 9.17) is 0 Å². The van der Waals surface area contributed by atoms with Gasteiger partial charge in [-0.1, -0.05) is 18.2 Å². The van der Waals surface area contributed by atoms with Gasteiger partial charge >= 0.3 is 12.1 Å². The van der Waals surface area contributed by atoms with Crippen LogP contribution in [-0.2, 0) is 9.59 Å². The largest absolute Gasteiger partial charge is 0.471 e. The van der Waals surface area contributed by atoms with Gasteiger partial charge in [-0.3, -0.25) is 14.5 Å². The molecule has 0 bridgehead atoms. The number of hydrogen-bond acceptors (Lipinski definition) is 3. The molecule has 2 saturated carbocycles. The van der Waals surface area contributed by atoms with E-state index in [1.54, 1.807) is 18.2 Å². The Morgan fingerprint density at radius 1 is 1.21 bits per heavy atom. The number of rotatable bonds is 6. The number of benzene rings is 1. The zero-order valence-corrected chi connectivity index (χ0v) is 16.2. The predicted molar refractivity (Wildman–Crippen MR) is 102 cm³/mol. The number of nitrogens with zero attached hydrogens (tertiary/aromatic N) is 1. The molecule has 1 aromatic carbocycles. The molecule has 1 heterocycles. The molecule has 2 aliphatic carbocycles. The summed E-state index contributed by atoms with van der Waals surface area (Å²) in [6, 6.07) is 7.74. The Balaban J connectivity index is 1.74. The Labute approximate surface area is 168 Å². The van der Waals surface area contributed by atoms with Crippen molar-refractivity contribution in [2.45, 2.75) is 56.3 Å². The first kappa shape index (κ1) is 20.2. The van der Waals surface area contributed by atoms with Crippen LogP contribution in [0.15, 0.2) is 30.3 Å². The summed E-state index contributed by atoms with van der Waals surface area (Å²) in [7, 11) is 0. The van der Waals surface area contributed by atoms with E-state index in [0.717, 1.165) is 11.4 Å². The standard InChI is InChI=1S/C21H26F3N3O2/c22-21(23,24)19(29)27(15-6-2-1-3-7-15)20(10-4-5-11-25-18(20)28)16-12-17(16)26-13-14-8-9-14/h1-3,6-7,14,16-17,26H,4-5,8-13H2,(H,25,28). The minimum Gasteiger partial charge on any atom is -0.354 e. The number of alkyl halides is 3. The molecular weight excluding hydrogens is 383 g/mol. The monoisotopic (exact) mass is 409 g/mol. The van der Waals surface area contributed by atoms with Crippen LogP contribution in [-0.4, -0.2) is 42.7 Å². The second-order valence-electron chi connectivity index (χ2n) is 8.41. The van der Waals surface area contributed by atoms with Crippen molar-refractivity contribution >= 4 is 17.5 Å². The minimum atomic E-state index is -5.07. The van der Waals surface area contributed by atoms with Gasteiger partial charge in [0.25, 0.3) is 0 Å². The second kappa shape index (κ2) is 7.63. The summed E-state index contributed by atoms with van der Waals surface area (Å²) in [6.07, 6.45) is -0.655. The lowest BCUT2D eigenvalue weighted by Gasteiger charge is -2.43. The third-order valence-corrected chi connectivity index (χ3v) is 6.29. The van der Waals surface area contributed by atoms with Gasteiger partial charge in [0.05, 0.1) is 0 Å². The van der Waals surface area contributed by atoms with Crippen LogP contribution >= 0.6 is 0 Å². The van der Waals surface area contributed by atoms with Crippen LogP contribution in [0.25, 0.3) is 0 Å². The van der Waals surface area contributed by atoms with Crippen molar-refractivity contribution in [3.05, 3.63) is 30.3 Å². The molecule has 1 aliphatic heterocycles. The lowest BCUT2D eigenvalue weighted by atomic mass is 9.83. The molecule has 0 spiro atoms. The smallest absolute Gasteiger partial charge is 0.354 e. The van der Waals surface area contributed by atoms with Crippen LogP contribution in [0.4, 0.5) is 18.9 Å². The third-order valence-electron chi connectivity index (χ3n) is 6.29. The van der Waals surface area contributed by atoms with E-state index in [1.165, 1.54) is 25.0 Å². The zero-order chi connectivity index (χ0) is 20.6. The number of amides is 2. The van der Waals surface area contributed by atoms with Crippen LogP contribution < -0.4 is 15.5 Å². The van der Waals surface area contributed by atoms with Gasteiger partial charge in [0.15, 0.2) is 0 Å². The summed E-state index contributed by atoms with van der Waals surface area (Å²) >= 11 is 0. The quantitative estimate of drug-likeness (QED) is 0.759. The molecule has 3 aliphatic rings. The highest BCUT2D eigenvalue weighted by atomic mass is 19.4. The molecule has 0 radical (unpaired) electrons. The highest BCUT2D eigenvalue weighted by Gasteiger charge is 2.64. The van der Waals surface area contributed by atoms with Crippen LogP contribution in [0.5, 0.6) is 0 Å². The fourth-order valence-corrected chi connectivity index (χ4v) is 4.54. The van der Waals surface area contributed by atoms with Gasteiger partial charge in [0.1, 0.15) is 5.54 Å². The molecule has 1 aromatic rings. The molecule has 158 valence electrons. The number of carbonyl (C=O) groups excluding carboxylic acids is 2. The molecule has 3 fully saturated rings. The molecule has 4 rings (SSSR count). The van der Waals surface area contributed by atoms with Gasteiger partial charge in [0.2, 0.25) is 5.91 Å². The topological polar surface area (TPSA) is 61.4 Å². The van der Waals surface area contributed by atoms with E-state index in [9.17, 15) is 22.8 Å². The first-order valence-corrected chi connectivity index (χ1v) is 10.3. The van der Waals surface area contributed by atoms with Crippen molar-refractivity contribution in [3.8, 4) is 0 Å². The number of nitrogens with one attached hydrogen (secondary N) is 2. The van der Waals surface area contributed by atoms with Gasteiger partial charge in [-0.05, 0) is 63.1 Å². The molecule has 29 heavy (non-hydrogen) atoms. The maximum atomic E-state index is 13.6. The second-order valence-corrected chi connectivity index (χ2v) is 8.41. The van der Waals surface area contributed by atoms with Crippen molar-refractivity contribution < 1.29 is 22.8 Å². The van der Waals surface area contributed by atoms with Gasteiger partial charge in [-0.15, -0.1) is 0 Å². The Hall–Kier alpha value is -2.09. The minimum absolute atomic E-state index is 0.0494. The van der Waals surface area contributed by atoms with Crippen LogP contribution in [0.3, 0.4) is 0 Å². The van der Waals surface area contributed by atoms with Gasteiger partial charge in [-0.2, -0.15) is 13.2 Å². The highest BCUT2D eigenvalue weighted by molar-refractivity contribution is 6.06. The third kappa shape index (κ3) is 3.99. The number of hydrogen-bond donors (Lipinski definition) is 2. The molecule has 8 heteroatoms. The van der Waals surface area contributed by atoms with E-state index in [1.807, 2.05) is 0 Å². The number of anilines is 1. The molecule has 5 nitrogen and oxygen atoms in total. The fourth-order valence-electron chi connectivity index (χ4n) is 4.54. The lowest BCUT2D eigenvalue weighted by Crippen LogP contribution is -2.65. The van der Waals surface area contributed by atoms with Crippen molar-refractivity contribution in [1.82, 2.24) is 10.6 Å². The van der Waals surface area contributed by atoms with E-state index in [0.29, 0.717) is 31.7 Å². The maximum absolute atomic E-state index is 13.6. The van der Waals surface area contributed by atoms with E-state index < -0.39 is 23.5 Å². The molecule has 2 N–H and O–H groups in total. The Morgan fingerprint density at radius 2 is 1.93 bits per heavy atom.